The van der Waals surface area contributed by atoms with Crippen LogP contribution in [-0.4, -0.2) is 31.6 Å². The smallest absolute Gasteiger partial charge is 0.256 e. The Hall–Kier alpha value is -2.44. The molecule has 4 rings (SSSR count). The summed E-state index contributed by atoms with van der Waals surface area (Å²) in [6, 6.07) is 11.1. The van der Waals surface area contributed by atoms with E-state index in [2.05, 4.69) is 10.2 Å². The van der Waals surface area contributed by atoms with Crippen LogP contribution in [-0.2, 0) is 13.1 Å². The molecule has 1 aliphatic heterocycles. The van der Waals surface area contributed by atoms with Crippen LogP contribution in [0.2, 0.25) is 10.0 Å². The number of carbonyl (C=O) groups is 1. The Morgan fingerprint density at radius 2 is 1.96 bits per heavy atom. The third-order valence-electron chi connectivity index (χ3n) is 4.64. The minimum Gasteiger partial charge on any atom is -0.327 e. The Balaban J connectivity index is 1.67. The minimum absolute atomic E-state index is 0.122. The van der Waals surface area contributed by atoms with Crippen molar-refractivity contribution in [2.75, 3.05) is 0 Å². The zero-order valence-electron chi connectivity index (χ0n) is 14.4. The van der Waals surface area contributed by atoms with Gasteiger partial charge in [-0.3, -0.25) is 4.79 Å². The maximum absolute atomic E-state index is 13.6. The Bertz CT molecular complexity index is 1040. The monoisotopic (exact) mass is 404 g/mol. The third kappa shape index (κ3) is 3.19. The second-order valence-corrected chi connectivity index (χ2v) is 7.23. The molecule has 0 saturated heterocycles. The molecule has 3 aromatic rings. The first kappa shape index (κ1) is 17.9. The van der Waals surface area contributed by atoms with E-state index in [4.69, 9.17) is 23.2 Å². The van der Waals surface area contributed by atoms with E-state index in [0.717, 1.165) is 0 Å². The minimum atomic E-state index is -0.332. The van der Waals surface area contributed by atoms with E-state index in [1.54, 1.807) is 35.2 Å². The second kappa shape index (κ2) is 6.94. The van der Waals surface area contributed by atoms with Gasteiger partial charge in [0.05, 0.1) is 22.2 Å². The molecule has 0 saturated carbocycles. The number of hydrogen-bond donors (Lipinski definition) is 0. The number of carbonyl (C=O) groups excluding carboxylic acids is 1. The maximum atomic E-state index is 13.6. The van der Waals surface area contributed by atoms with E-state index in [1.165, 1.54) is 12.1 Å². The molecule has 138 valence electrons. The Kier molecular flexibility index (Phi) is 4.61. The number of hydrogen-bond acceptors (Lipinski definition) is 3. The number of aromatic nitrogens is 3. The van der Waals surface area contributed by atoms with Gasteiger partial charge in [0.2, 0.25) is 0 Å². The van der Waals surface area contributed by atoms with E-state index >= 15 is 0 Å². The molecule has 5 nitrogen and oxygen atoms in total. The Labute approximate surface area is 165 Å². The predicted molar refractivity (Wildman–Crippen MR) is 101 cm³/mol. The molecule has 0 unspecified atom stereocenters. The van der Waals surface area contributed by atoms with Gasteiger partial charge in [0.1, 0.15) is 5.82 Å². The first-order chi connectivity index (χ1) is 13.0. The van der Waals surface area contributed by atoms with Gasteiger partial charge in [0, 0.05) is 18.2 Å². The van der Waals surface area contributed by atoms with Crippen LogP contribution in [0.1, 0.15) is 23.1 Å². The van der Waals surface area contributed by atoms with Crippen molar-refractivity contribution in [1.29, 1.82) is 0 Å². The van der Waals surface area contributed by atoms with E-state index in [-0.39, 0.29) is 29.3 Å². The van der Waals surface area contributed by atoms with Crippen LogP contribution >= 0.6 is 23.2 Å². The summed E-state index contributed by atoms with van der Waals surface area (Å²) in [6.07, 6.45) is 0. The molecule has 0 radical (unpaired) electrons. The van der Waals surface area contributed by atoms with Gasteiger partial charge in [-0.25, -0.2) is 4.39 Å². The Morgan fingerprint density at radius 1 is 1.19 bits per heavy atom. The number of halogens is 3. The van der Waals surface area contributed by atoms with Crippen molar-refractivity contribution in [3.63, 3.8) is 0 Å². The quantitative estimate of drug-likeness (QED) is 0.634. The van der Waals surface area contributed by atoms with Gasteiger partial charge in [-0.15, -0.1) is 10.2 Å². The summed E-state index contributed by atoms with van der Waals surface area (Å²) in [5, 5.41) is 8.98. The van der Waals surface area contributed by atoms with Crippen molar-refractivity contribution in [1.82, 2.24) is 19.7 Å². The lowest BCUT2D eigenvalue weighted by Crippen LogP contribution is -2.45. The highest BCUT2D eigenvalue weighted by Crippen LogP contribution is 2.30. The van der Waals surface area contributed by atoms with E-state index < -0.39 is 0 Å². The maximum Gasteiger partial charge on any atom is 0.256 e. The van der Waals surface area contributed by atoms with E-state index in [9.17, 15) is 9.18 Å². The molecule has 27 heavy (non-hydrogen) atoms. The number of fused-ring (bicyclic) bond motifs is 1. The molecule has 1 amide bonds. The fourth-order valence-corrected chi connectivity index (χ4v) is 3.63. The molecule has 2 heterocycles. The topological polar surface area (TPSA) is 51.0 Å². The lowest BCUT2D eigenvalue weighted by atomic mass is 10.1. The summed E-state index contributed by atoms with van der Waals surface area (Å²) in [6.45, 7) is 2.72. The highest BCUT2D eigenvalue weighted by molar-refractivity contribution is 6.43. The van der Waals surface area contributed by atoms with Crippen LogP contribution in [0, 0.1) is 5.82 Å². The predicted octanol–water partition coefficient (Wildman–Crippen LogP) is 4.44. The molecule has 0 N–H and O–H groups in total. The van der Waals surface area contributed by atoms with Crippen LogP contribution in [0.15, 0.2) is 42.5 Å². The molecular formula is C19H15Cl2FN4O. The van der Waals surface area contributed by atoms with Gasteiger partial charge < -0.3 is 9.47 Å². The SMILES string of the molecule is C[C@H]1Cn2c(nnc2-c2cccc(F)c2)CN1C(=O)c1cccc(Cl)c1Cl. The normalized spacial score (nSPS) is 16.3. The number of amides is 1. The standard InChI is InChI=1S/C19H15Cl2FN4O/c1-11-9-26-16(23-24-18(26)12-4-2-5-13(22)8-12)10-25(11)19(27)14-6-3-7-15(20)17(14)21/h2-8,11H,9-10H2,1H3/t11-/m0/s1. The van der Waals surface area contributed by atoms with Gasteiger partial charge >= 0.3 is 0 Å². The lowest BCUT2D eigenvalue weighted by molar-refractivity contribution is 0.0612. The van der Waals surface area contributed by atoms with Crippen molar-refractivity contribution in [3.8, 4) is 11.4 Å². The fraction of sp³-hybridized carbons (Fsp3) is 0.211. The zero-order chi connectivity index (χ0) is 19.1. The van der Waals surface area contributed by atoms with Crippen molar-refractivity contribution >= 4 is 29.1 Å². The molecule has 0 aliphatic carbocycles. The number of benzene rings is 2. The molecular weight excluding hydrogens is 390 g/mol. The Morgan fingerprint density at radius 3 is 2.74 bits per heavy atom. The lowest BCUT2D eigenvalue weighted by Gasteiger charge is -2.34. The number of rotatable bonds is 2. The molecule has 2 aromatic carbocycles. The summed E-state index contributed by atoms with van der Waals surface area (Å²) >= 11 is 12.2. The van der Waals surface area contributed by atoms with Crippen LogP contribution < -0.4 is 0 Å². The van der Waals surface area contributed by atoms with Crippen molar-refractivity contribution < 1.29 is 9.18 Å². The third-order valence-corrected chi connectivity index (χ3v) is 5.46. The summed E-state index contributed by atoms with van der Waals surface area (Å²) < 4.78 is 15.5. The summed E-state index contributed by atoms with van der Waals surface area (Å²) in [4.78, 5) is 14.7. The van der Waals surface area contributed by atoms with Crippen LogP contribution in [0.4, 0.5) is 4.39 Å². The van der Waals surface area contributed by atoms with Gasteiger partial charge in [-0.05, 0) is 31.2 Å². The average Bonchev–Trinajstić information content (AvgIpc) is 3.05. The first-order valence-electron chi connectivity index (χ1n) is 8.38. The summed E-state index contributed by atoms with van der Waals surface area (Å²) in [5.41, 5.74) is 1.01. The average molecular weight is 405 g/mol. The zero-order valence-corrected chi connectivity index (χ0v) is 15.9. The van der Waals surface area contributed by atoms with Gasteiger partial charge in [-0.2, -0.15) is 0 Å². The van der Waals surface area contributed by atoms with Crippen LogP contribution in [0.3, 0.4) is 0 Å². The molecule has 1 aliphatic rings. The fourth-order valence-electron chi connectivity index (χ4n) is 3.25. The van der Waals surface area contributed by atoms with E-state index in [1.807, 2.05) is 11.5 Å². The largest absolute Gasteiger partial charge is 0.327 e. The molecule has 0 bridgehead atoms. The van der Waals surface area contributed by atoms with Gasteiger partial charge in [0.25, 0.3) is 5.91 Å². The highest BCUT2D eigenvalue weighted by Gasteiger charge is 2.31. The van der Waals surface area contributed by atoms with E-state index in [0.29, 0.717) is 34.3 Å². The molecule has 0 spiro atoms. The van der Waals surface area contributed by atoms with Gasteiger partial charge in [0.15, 0.2) is 11.6 Å². The number of nitrogens with zero attached hydrogens (tertiary/aromatic N) is 4. The van der Waals surface area contributed by atoms with Crippen LogP contribution in [0.25, 0.3) is 11.4 Å². The highest BCUT2D eigenvalue weighted by atomic mass is 35.5. The van der Waals surface area contributed by atoms with Gasteiger partial charge in [-0.1, -0.05) is 41.4 Å². The molecule has 1 atom stereocenters. The first-order valence-corrected chi connectivity index (χ1v) is 9.14. The summed E-state index contributed by atoms with van der Waals surface area (Å²) in [5.74, 6) is 0.681. The van der Waals surface area contributed by atoms with Crippen molar-refractivity contribution in [3.05, 3.63) is 69.7 Å². The van der Waals surface area contributed by atoms with Crippen molar-refractivity contribution in [2.45, 2.75) is 26.1 Å². The van der Waals surface area contributed by atoms with Crippen LogP contribution in [0.5, 0.6) is 0 Å². The summed E-state index contributed by atoms with van der Waals surface area (Å²) in [7, 11) is 0. The molecule has 1 aromatic heterocycles. The molecule has 8 heteroatoms. The molecule has 0 fully saturated rings. The van der Waals surface area contributed by atoms with Crippen molar-refractivity contribution in [2.24, 2.45) is 0 Å². The second-order valence-electron chi connectivity index (χ2n) is 6.44.